The Kier molecular flexibility index (Phi) is 5.56. The van der Waals surface area contributed by atoms with Gasteiger partial charge in [0.05, 0.1) is 34.7 Å². The van der Waals surface area contributed by atoms with Crippen LogP contribution in [0.3, 0.4) is 0 Å². The van der Waals surface area contributed by atoms with Crippen LogP contribution >= 0.6 is 0 Å². The van der Waals surface area contributed by atoms with Crippen molar-refractivity contribution >= 4 is 21.0 Å². The van der Waals surface area contributed by atoms with E-state index in [1.807, 2.05) is 24.3 Å². The second-order valence-electron chi connectivity index (χ2n) is 9.39. The third kappa shape index (κ3) is 4.11. The largest absolute Gasteiger partial charge is 0.711 e. The van der Waals surface area contributed by atoms with Crippen molar-refractivity contribution in [2.24, 2.45) is 7.05 Å². The molecule has 0 amide bonds. The molecule has 1 aromatic carbocycles. The minimum atomic E-state index is -3.79. The molecule has 11 heteroatoms. The van der Waals surface area contributed by atoms with Crippen molar-refractivity contribution in [2.75, 3.05) is 5.75 Å². The number of sulfone groups is 1. The second kappa shape index (κ2) is 8.31. The first kappa shape index (κ1) is 24.8. The Morgan fingerprint density at radius 2 is 1.89 bits per heavy atom. The van der Waals surface area contributed by atoms with Crippen molar-refractivity contribution < 1.29 is 21.9 Å². The number of aryl methyl sites for hydroxylation is 1. The highest BCUT2D eigenvalue weighted by Gasteiger charge is 2.44. The van der Waals surface area contributed by atoms with Gasteiger partial charge in [0.2, 0.25) is 5.82 Å². The summed E-state index contributed by atoms with van der Waals surface area (Å²) in [6, 6.07) is 12.4. The highest BCUT2D eigenvalue weighted by Crippen LogP contribution is 2.47. The van der Waals surface area contributed by atoms with Gasteiger partial charge in [-0.2, -0.15) is 10.2 Å². The van der Waals surface area contributed by atoms with Crippen LogP contribution in [0.1, 0.15) is 37.8 Å². The molecule has 0 saturated heterocycles. The van der Waals surface area contributed by atoms with E-state index in [-0.39, 0.29) is 33.3 Å². The van der Waals surface area contributed by atoms with Gasteiger partial charge in [-0.1, -0.05) is 31.2 Å². The maximum atomic E-state index is 13.9. The molecule has 3 heterocycles. The molecule has 0 spiro atoms. The van der Waals surface area contributed by atoms with Crippen molar-refractivity contribution in [2.45, 2.75) is 42.9 Å². The number of fused-ring (bicyclic) bond motifs is 1. The minimum absolute atomic E-state index is 0.000616. The Labute approximate surface area is 212 Å². The molecule has 8 nitrogen and oxygen atoms in total. The zero-order chi connectivity index (χ0) is 26.8. The summed E-state index contributed by atoms with van der Waals surface area (Å²) in [5.74, 6) is -3.39. The van der Waals surface area contributed by atoms with Gasteiger partial charge in [0.25, 0.3) is 5.92 Å². The van der Waals surface area contributed by atoms with Crippen LogP contribution in [-0.2, 0) is 28.2 Å². The first-order chi connectivity index (χ1) is 17.4. The Balaban J connectivity index is 1.66. The first-order valence-electron chi connectivity index (χ1n) is 11.6. The van der Waals surface area contributed by atoms with Crippen LogP contribution in [0.15, 0.2) is 53.7 Å². The zero-order valence-electron chi connectivity index (χ0n) is 20.4. The summed E-state index contributed by atoms with van der Waals surface area (Å²) < 4.78 is 55.6. The Morgan fingerprint density at radius 3 is 2.46 bits per heavy atom. The molecule has 0 unspecified atom stereocenters. The molecule has 0 bridgehead atoms. The van der Waals surface area contributed by atoms with E-state index < -0.39 is 26.7 Å². The number of rotatable bonds is 6. The van der Waals surface area contributed by atoms with Crippen molar-refractivity contribution in [3.8, 4) is 28.7 Å². The molecule has 1 aliphatic rings. The highest BCUT2D eigenvalue weighted by atomic mass is 32.2. The van der Waals surface area contributed by atoms with Gasteiger partial charge in [0.15, 0.2) is 15.4 Å². The van der Waals surface area contributed by atoms with E-state index in [9.17, 15) is 27.7 Å². The summed E-state index contributed by atoms with van der Waals surface area (Å²) in [6.45, 7) is 2.19. The lowest BCUT2D eigenvalue weighted by Crippen LogP contribution is -2.31. The maximum Gasteiger partial charge on any atom is 0.312 e. The van der Waals surface area contributed by atoms with Crippen LogP contribution in [0.5, 0.6) is 0 Å². The van der Waals surface area contributed by atoms with Crippen LogP contribution in [-0.4, -0.2) is 28.7 Å². The monoisotopic (exact) mass is 523 g/mol. The summed E-state index contributed by atoms with van der Waals surface area (Å²) >= 11 is 0. The number of nitrogens with zero attached hydrogens (tertiary/aromatic N) is 5. The molecule has 190 valence electrons. The number of pyridine rings is 2. The van der Waals surface area contributed by atoms with Gasteiger partial charge in [-0.3, -0.25) is 0 Å². The normalized spacial score (nSPS) is 15.0. The molecule has 5 rings (SSSR count). The van der Waals surface area contributed by atoms with Crippen LogP contribution in [0, 0.1) is 16.5 Å². The summed E-state index contributed by atoms with van der Waals surface area (Å²) in [4.78, 5) is 8.68. The van der Waals surface area contributed by atoms with E-state index in [2.05, 4.69) is 16.0 Å². The predicted octanol–water partition coefficient (Wildman–Crippen LogP) is 4.40. The Bertz CT molecular complexity index is 1700. The third-order valence-electron chi connectivity index (χ3n) is 6.87. The van der Waals surface area contributed by atoms with E-state index in [4.69, 9.17) is 0 Å². The van der Waals surface area contributed by atoms with Crippen LogP contribution in [0.4, 0.5) is 8.78 Å². The molecule has 1 fully saturated rings. The standard InChI is InChI=1S/C26H23F2N5O3S/c1-4-37(35,36)21-11-17(16-5-7-18(8-6-16)26(15-29)9-10-26)13-30-22(21)23-31-20-12-19(25(2,27)28)14-33(34)24(20)32(23)3/h5-8,11-14H,4,9-10H2,1-3H3. The highest BCUT2D eigenvalue weighted by molar-refractivity contribution is 7.91. The number of nitriles is 1. The molecule has 0 atom stereocenters. The van der Waals surface area contributed by atoms with Crippen LogP contribution in [0.25, 0.3) is 33.8 Å². The molecule has 1 aliphatic carbocycles. The predicted molar refractivity (Wildman–Crippen MR) is 132 cm³/mol. The topological polar surface area (TPSA) is 116 Å². The van der Waals surface area contributed by atoms with Gasteiger partial charge in [-0.15, -0.1) is 0 Å². The van der Waals surface area contributed by atoms with E-state index in [0.29, 0.717) is 17.2 Å². The lowest BCUT2D eigenvalue weighted by molar-refractivity contribution is -0.581. The van der Waals surface area contributed by atoms with Crippen LogP contribution in [0.2, 0.25) is 0 Å². The van der Waals surface area contributed by atoms with E-state index in [1.54, 1.807) is 0 Å². The van der Waals surface area contributed by atoms with Gasteiger partial charge in [-0.05, 0) is 36.1 Å². The van der Waals surface area contributed by atoms with Gasteiger partial charge in [0, 0.05) is 18.7 Å². The maximum absolute atomic E-state index is 13.9. The Hall–Kier alpha value is -3.91. The molecule has 37 heavy (non-hydrogen) atoms. The molecule has 4 aromatic rings. The van der Waals surface area contributed by atoms with E-state index in [0.717, 1.165) is 36.2 Å². The number of imidazole rings is 1. The number of hydrogen-bond donors (Lipinski definition) is 0. The zero-order valence-corrected chi connectivity index (χ0v) is 21.2. The first-order valence-corrected chi connectivity index (χ1v) is 13.3. The SMILES string of the molecule is CCS(=O)(=O)c1cc(-c2ccc(C3(C#N)CC3)cc2)cnc1-c1nc2cc(C(C)(F)F)c[n+]([O-])c2n1C. The van der Waals surface area contributed by atoms with E-state index >= 15 is 0 Å². The lowest BCUT2D eigenvalue weighted by Gasteiger charge is -2.12. The molecule has 1 saturated carbocycles. The Morgan fingerprint density at radius 1 is 1.22 bits per heavy atom. The fourth-order valence-electron chi connectivity index (χ4n) is 4.43. The third-order valence-corrected chi connectivity index (χ3v) is 8.61. The second-order valence-corrected chi connectivity index (χ2v) is 11.6. The minimum Gasteiger partial charge on any atom is -0.711 e. The summed E-state index contributed by atoms with van der Waals surface area (Å²) in [7, 11) is -2.29. The number of aromatic nitrogens is 4. The van der Waals surface area contributed by atoms with Crippen molar-refractivity contribution in [1.29, 1.82) is 5.26 Å². The van der Waals surface area contributed by atoms with Gasteiger partial charge >= 0.3 is 5.65 Å². The van der Waals surface area contributed by atoms with Gasteiger partial charge < -0.3 is 5.21 Å². The average molecular weight is 524 g/mol. The molecular formula is C26H23F2N5O3S. The van der Waals surface area contributed by atoms with Gasteiger partial charge in [0.1, 0.15) is 11.9 Å². The number of benzene rings is 1. The average Bonchev–Trinajstić information content (AvgIpc) is 3.60. The number of hydrogen-bond acceptors (Lipinski definition) is 6. The summed E-state index contributed by atoms with van der Waals surface area (Å²) in [5.41, 5.74) is 1.28. The fourth-order valence-corrected chi connectivity index (χ4v) is 5.48. The summed E-state index contributed by atoms with van der Waals surface area (Å²) in [5, 5.41) is 22.0. The van der Waals surface area contributed by atoms with Crippen molar-refractivity contribution in [3.63, 3.8) is 0 Å². The lowest BCUT2D eigenvalue weighted by atomic mass is 9.95. The number of alkyl halides is 2. The quantitative estimate of drug-likeness (QED) is 0.273. The smallest absolute Gasteiger partial charge is 0.312 e. The summed E-state index contributed by atoms with van der Waals surface area (Å²) in [6.07, 6.45) is 3.93. The molecular weight excluding hydrogens is 500 g/mol. The molecule has 3 aromatic heterocycles. The van der Waals surface area contributed by atoms with Crippen molar-refractivity contribution in [3.05, 3.63) is 65.1 Å². The molecule has 0 aliphatic heterocycles. The number of halogens is 2. The van der Waals surface area contributed by atoms with E-state index in [1.165, 1.54) is 30.8 Å². The van der Waals surface area contributed by atoms with Crippen molar-refractivity contribution in [1.82, 2.24) is 14.5 Å². The molecule has 0 radical (unpaired) electrons. The van der Waals surface area contributed by atoms with Gasteiger partial charge in [-0.25, -0.2) is 31.5 Å². The molecule has 0 N–H and O–H groups in total. The fraction of sp³-hybridized carbons (Fsp3) is 0.308. The van der Waals surface area contributed by atoms with Crippen LogP contribution < -0.4 is 4.73 Å².